The summed E-state index contributed by atoms with van der Waals surface area (Å²) in [6, 6.07) is 11.6. The summed E-state index contributed by atoms with van der Waals surface area (Å²) in [5.41, 5.74) is 4.63. The van der Waals surface area contributed by atoms with Gasteiger partial charge in [0.05, 0.1) is 12.5 Å². The maximum absolute atomic E-state index is 12.2. The average molecular weight is 409 g/mol. The van der Waals surface area contributed by atoms with Crippen molar-refractivity contribution in [2.24, 2.45) is 0 Å². The van der Waals surface area contributed by atoms with Gasteiger partial charge in [0.15, 0.2) is 18.1 Å². The van der Waals surface area contributed by atoms with Gasteiger partial charge in [0.25, 0.3) is 5.91 Å². The van der Waals surface area contributed by atoms with Crippen molar-refractivity contribution < 1.29 is 23.8 Å². The Morgan fingerprint density at radius 2 is 1.77 bits per heavy atom. The Morgan fingerprint density at radius 1 is 1.00 bits per heavy atom. The summed E-state index contributed by atoms with van der Waals surface area (Å²) in [7, 11) is 0. The van der Waals surface area contributed by atoms with Gasteiger partial charge in [0, 0.05) is 0 Å². The van der Waals surface area contributed by atoms with Crippen molar-refractivity contribution in [1.29, 1.82) is 0 Å². The zero-order chi connectivity index (χ0) is 20.9. The SMILES string of the molecule is CC(NC(=O)COC(=O)Cc1ccc2c(c1)OCCO2)c1ccc2c(c1)CCCC2. The van der Waals surface area contributed by atoms with Gasteiger partial charge in [-0.15, -0.1) is 0 Å². The molecule has 1 heterocycles. The molecule has 158 valence electrons. The fourth-order valence-corrected chi connectivity index (χ4v) is 3.95. The normalized spacial score (nSPS) is 15.6. The lowest BCUT2D eigenvalue weighted by Gasteiger charge is -2.20. The Hall–Kier alpha value is -3.02. The molecule has 0 bridgehead atoms. The number of hydrogen-bond acceptors (Lipinski definition) is 5. The highest BCUT2D eigenvalue weighted by Gasteiger charge is 2.17. The predicted molar refractivity (Wildman–Crippen MR) is 112 cm³/mol. The molecule has 0 aromatic heterocycles. The molecule has 0 fully saturated rings. The van der Waals surface area contributed by atoms with Crippen molar-refractivity contribution >= 4 is 11.9 Å². The predicted octanol–water partition coefficient (Wildman–Crippen LogP) is 3.30. The lowest BCUT2D eigenvalue weighted by Crippen LogP contribution is -2.31. The second-order valence-corrected chi connectivity index (χ2v) is 7.84. The van der Waals surface area contributed by atoms with Gasteiger partial charge in [-0.3, -0.25) is 9.59 Å². The lowest BCUT2D eigenvalue weighted by molar-refractivity contribution is -0.148. The molecule has 0 radical (unpaired) electrons. The van der Waals surface area contributed by atoms with Crippen molar-refractivity contribution in [3.63, 3.8) is 0 Å². The first-order chi connectivity index (χ1) is 14.6. The Morgan fingerprint density at radius 3 is 2.60 bits per heavy atom. The highest BCUT2D eigenvalue weighted by Crippen LogP contribution is 2.31. The van der Waals surface area contributed by atoms with E-state index in [1.807, 2.05) is 6.92 Å². The molecule has 30 heavy (non-hydrogen) atoms. The minimum absolute atomic E-state index is 0.0737. The van der Waals surface area contributed by atoms with E-state index in [-0.39, 0.29) is 25.0 Å². The number of nitrogens with one attached hydrogen (secondary N) is 1. The smallest absolute Gasteiger partial charge is 0.310 e. The first-order valence-corrected chi connectivity index (χ1v) is 10.5. The number of aryl methyl sites for hydroxylation is 2. The minimum atomic E-state index is -0.455. The Bertz CT molecular complexity index is 939. The van der Waals surface area contributed by atoms with Gasteiger partial charge in [0.1, 0.15) is 13.2 Å². The zero-order valence-corrected chi connectivity index (χ0v) is 17.2. The van der Waals surface area contributed by atoms with Crippen molar-refractivity contribution in [1.82, 2.24) is 5.32 Å². The molecule has 2 aromatic rings. The maximum Gasteiger partial charge on any atom is 0.310 e. The number of fused-ring (bicyclic) bond motifs is 2. The van der Waals surface area contributed by atoms with Crippen LogP contribution in [-0.4, -0.2) is 31.7 Å². The van der Waals surface area contributed by atoms with Gasteiger partial charge in [-0.2, -0.15) is 0 Å². The third-order valence-corrected chi connectivity index (χ3v) is 5.57. The molecule has 4 rings (SSSR count). The number of rotatable bonds is 6. The second-order valence-electron chi connectivity index (χ2n) is 7.84. The maximum atomic E-state index is 12.2. The molecule has 1 aliphatic carbocycles. The van der Waals surface area contributed by atoms with Crippen LogP contribution < -0.4 is 14.8 Å². The Labute approximate surface area is 176 Å². The highest BCUT2D eigenvalue weighted by molar-refractivity contribution is 5.81. The quantitative estimate of drug-likeness (QED) is 0.741. The summed E-state index contributed by atoms with van der Waals surface area (Å²) < 4.78 is 16.2. The molecule has 1 N–H and O–H groups in total. The van der Waals surface area contributed by atoms with E-state index in [9.17, 15) is 9.59 Å². The van der Waals surface area contributed by atoms with Crippen LogP contribution in [0, 0.1) is 0 Å². The third-order valence-electron chi connectivity index (χ3n) is 5.57. The minimum Gasteiger partial charge on any atom is -0.486 e. The fourth-order valence-electron chi connectivity index (χ4n) is 3.95. The molecule has 1 aliphatic heterocycles. The van der Waals surface area contributed by atoms with Crippen LogP contribution in [0.3, 0.4) is 0 Å². The zero-order valence-electron chi connectivity index (χ0n) is 17.2. The summed E-state index contributed by atoms with van der Waals surface area (Å²) in [5, 5.41) is 2.91. The van der Waals surface area contributed by atoms with E-state index in [0.29, 0.717) is 24.7 Å². The van der Waals surface area contributed by atoms with Gasteiger partial charge in [-0.25, -0.2) is 0 Å². The van der Waals surface area contributed by atoms with Crippen LogP contribution in [-0.2, 0) is 33.6 Å². The van der Waals surface area contributed by atoms with Gasteiger partial charge in [-0.05, 0) is 67.0 Å². The molecule has 0 saturated heterocycles. The summed E-state index contributed by atoms with van der Waals surface area (Å²) in [4.78, 5) is 24.4. The molecule has 1 unspecified atom stereocenters. The summed E-state index contributed by atoms with van der Waals surface area (Å²) in [6.45, 7) is 2.66. The second kappa shape index (κ2) is 9.20. The molecule has 6 heteroatoms. The molecule has 2 aromatic carbocycles. The number of esters is 1. The van der Waals surface area contributed by atoms with Gasteiger partial charge in [-0.1, -0.05) is 24.3 Å². The number of benzene rings is 2. The van der Waals surface area contributed by atoms with Crippen molar-refractivity contribution in [2.75, 3.05) is 19.8 Å². The van der Waals surface area contributed by atoms with E-state index in [0.717, 1.165) is 24.0 Å². The first-order valence-electron chi connectivity index (χ1n) is 10.5. The fraction of sp³-hybridized carbons (Fsp3) is 0.417. The van der Waals surface area contributed by atoms with Crippen LogP contribution in [0.1, 0.15) is 48.1 Å². The van der Waals surface area contributed by atoms with Crippen molar-refractivity contribution in [2.45, 2.75) is 45.1 Å². The number of hydrogen-bond donors (Lipinski definition) is 1. The average Bonchev–Trinajstić information content (AvgIpc) is 2.77. The molecule has 0 spiro atoms. The van der Waals surface area contributed by atoms with Crippen LogP contribution in [0.25, 0.3) is 0 Å². The third kappa shape index (κ3) is 4.93. The number of carbonyl (C=O) groups excluding carboxylic acids is 2. The van der Waals surface area contributed by atoms with Gasteiger partial charge in [0.2, 0.25) is 0 Å². The summed E-state index contributed by atoms with van der Waals surface area (Å²) >= 11 is 0. The van der Waals surface area contributed by atoms with Gasteiger partial charge >= 0.3 is 5.97 Å². The van der Waals surface area contributed by atoms with Crippen LogP contribution >= 0.6 is 0 Å². The van der Waals surface area contributed by atoms with E-state index >= 15 is 0 Å². The van der Waals surface area contributed by atoms with E-state index in [1.54, 1.807) is 18.2 Å². The molecule has 2 aliphatic rings. The topological polar surface area (TPSA) is 73.9 Å². The molecule has 1 amide bonds. The standard InChI is InChI=1S/C24H27NO5/c1-16(19-8-7-18-4-2-3-5-20(18)14-19)25-23(26)15-30-24(27)13-17-6-9-21-22(12-17)29-11-10-28-21/h6-9,12,14,16H,2-5,10-11,13,15H2,1H3,(H,25,26). The molecular weight excluding hydrogens is 382 g/mol. The van der Waals surface area contributed by atoms with E-state index in [2.05, 4.69) is 23.5 Å². The number of carbonyl (C=O) groups is 2. The van der Waals surface area contributed by atoms with E-state index in [1.165, 1.54) is 24.0 Å². The summed E-state index contributed by atoms with van der Waals surface area (Å²) in [6.07, 6.45) is 4.77. The molecular formula is C24H27NO5. The van der Waals surface area contributed by atoms with Crippen LogP contribution in [0.2, 0.25) is 0 Å². The van der Waals surface area contributed by atoms with Gasteiger partial charge < -0.3 is 19.5 Å². The summed E-state index contributed by atoms with van der Waals surface area (Å²) in [5.74, 6) is 0.538. The van der Waals surface area contributed by atoms with Crippen LogP contribution in [0.4, 0.5) is 0 Å². The number of ether oxygens (including phenoxy) is 3. The lowest BCUT2D eigenvalue weighted by atomic mass is 9.89. The number of amides is 1. The Kier molecular flexibility index (Phi) is 6.21. The van der Waals surface area contributed by atoms with Crippen molar-refractivity contribution in [3.05, 3.63) is 58.7 Å². The van der Waals surface area contributed by atoms with Crippen molar-refractivity contribution in [3.8, 4) is 11.5 Å². The van der Waals surface area contributed by atoms with E-state index in [4.69, 9.17) is 14.2 Å². The van der Waals surface area contributed by atoms with E-state index < -0.39 is 5.97 Å². The monoisotopic (exact) mass is 409 g/mol. The Balaban J connectivity index is 1.25. The first kappa shape index (κ1) is 20.3. The molecule has 0 saturated carbocycles. The highest BCUT2D eigenvalue weighted by atomic mass is 16.6. The largest absolute Gasteiger partial charge is 0.486 e. The molecule has 6 nitrogen and oxygen atoms in total. The van der Waals surface area contributed by atoms with Crippen LogP contribution in [0.5, 0.6) is 11.5 Å². The molecule has 1 atom stereocenters. The van der Waals surface area contributed by atoms with Crippen LogP contribution in [0.15, 0.2) is 36.4 Å².